The van der Waals surface area contributed by atoms with Gasteiger partial charge in [0.2, 0.25) is 0 Å². The normalized spacial score (nSPS) is 10.7. The van der Waals surface area contributed by atoms with Gasteiger partial charge in [-0.15, -0.1) is 0 Å². The van der Waals surface area contributed by atoms with Crippen LogP contribution in [0.25, 0.3) is 0 Å². The van der Waals surface area contributed by atoms with E-state index in [4.69, 9.17) is 14.2 Å². The summed E-state index contributed by atoms with van der Waals surface area (Å²) in [5.41, 5.74) is 1.51. The van der Waals surface area contributed by atoms with Crippen LogP contribution in [0.2, 0.25) is 0 Å². The van der Waals surface area contributed by atoms with Crippen molar-refractivity contribution >= 4 is 37.8 Å². The zero-order valence-electron chi connectivity index (χ0n) is 14.6. The van der Waals surface area contributed by atoms with Gasteiger partial charge in [-0.25, -0.2) is 4.79 Å². The minimum absolute atomic E-state index is 0.302. The van der Waals surface area contributed by atoms with Crippen molar-refractivity contribution in [3.05, 3.63) is 50.4 Å². The molecule has 134 valence electrons. The van der Waals surface area contributed by atoms with Crippen molar-refractivity contribution in [1.29, 1.82) is 0 Å². The molecule has 0 amide bonds. The van der Waals surface area contributed by atoms with Gasteiger partial charge in [-0.2, -0.15) is 0 Å². The monoisotopic (exact) mass is 470 g/mol. The number of esters is 1. The number of hydrogen-bond donors (Lipinski definition) is 0. The SMILES string of the molecule is CCOC(=O)c1cc(Br)c(Oc2ccc(OC)c(C(C)C)c2)c(Br)c1. The second kappa shape index (κ2) is 8.72. The first-order valence-corrected chi connectivity index (χ1v) is 9.47. The summed E-state index contributed by atoms with van der Waals surface area (Å²) < 4.78 is 17.8. The highest BCUT2D eigenvalue weighted by atomic mass is 79.9. The van der Waals surface area contributed by atoms with E-state index in [0.717, 1.165) is 11.3 Å². The van der Waals surface area contributed by atoms with Crippen LogP contribution in [0, 0.1) is 0 Å². The minimum atomic E-state index is -0.373. The highest BCUT2D eigenvalue weighted by Gasteiger charge is 2.16. The molecule has 0 aliphatic rings. The van der Waals surface area contributed by atoms with Crippen molar-refractivity contribution in [2.75, 3.05) is 13.7 Å². The van der Waals surface area contributed by atoms with E-state index < -0.39 is 0 Å². The Morgan fingerprint density at radius 2 is 1.76 bits per heavy atom. The van der Waals surface area contributed by atoms with Gasteiger partial charge >= 0.3 is 5.97 Å². The Hall–Kier alpha value is -1.53. The Morgan fingerprint density at radius 1 is 1.12 bits per heavy atom. The summed E-state index contributed by atoms with van der Waals surface area (Å²) in [6.45, 7) is 6.30. The van der Waals surface area contributed by atoms with Crippen molar-refractivity contribution in [3.63, 3.8) is 0 Å². The van der Waals surface area contributed by atoms with Crippen LogP contribution >= 0.6 is 31.9 Å². The van der Waals surface area contributed by atoms with E-state index in [1.54, 1.807) is 26.2 Å². The zero-order chi connectivity index (χ0) is 18.6. The average molecular weight is 472 g/mol. The fourth-order valence-electron chi connectivity index (χ4n) is 2.33. The van der Waals surface area contributed by atoms with E-state index in [-0.39, 0.29) is 5.97 Å². The van der Waals surface area contributed by atoms with E-state index in [1.807, 2.05) is 18.2 Å². The Bertz CT molecular complexity index is 749. The molecule has 0 aliphatic heterocycles. The lowest BCUT2D eigenvalue weighted by Crippen LogP contribution is -2.05. The second-order valence-corrected chi connectivity index (χ2v) is 7.36. The fraction of sp³-hybridized carbons (Fsp3) is 0.316. The third-order valence-electron chi connectivity index (χ3n) is 3.55. The Labute approximate surface area is 164 Å². The van der Waals surface area contributed by atoms with E-state index in [2.05, 4.69) is 45.7 Å². The lowest BCUT2D eigenvalue weighted by molar-refractivity contribution is 0.0526. The first-order chi connectivity index (χ1) is 11.9. The maximum absolute atomic E-state index is 11.9. The summed E-state index contributed by atoms with van der Waals surface area (Å²) in [4.78, 5) is 11.9. The van der Waals surface area contributed by atoms with Crippen LogP contribution in [-0.2, 0) is 4.74 Å². The van der Waals surface area contributed by atoms with Gasteiger partial charge in [0.25, 0.3) is 0 Å². The van der Waals surface area contributed by atoms with Gasteiger partial charge in [0.1, 0.15) is 11.5 Å². The van der Waals surface area contributed by atoms with Crippen LogP contribution in [0.15, 0.2) is 39.3 Å². The van der Waals surface area contributed by atoms with Gasteiger partial charge < -0.3 is 14.2 Å². The predicted molar refractivity (Wildman–Crippen MR) is 105 cm³/mol. The highest BCUT2D eigenvalue weighted by molar-refractivity contribution is 9.11. The molecule has 0 unspecified atom stereocenters. The number of rotatable bonds is 6. The Kier molecular flexibility index (Phi) is 6.90. The predicted octanol–water partition coefficient (Wildman–Crippen LogP) is 6.31. The summed E-state index contributed by atoms with van der Waals surface area (Å²) in [5.74, 6) is 2.04. The summed E-state index contributed by atoms with van der Waals surface area (Å²) in [7, 11) is 1.66. The molecule has 2 aromatic carbocycles. The number of hydrogen-bond acceptors (Lipinski definition) is 4. The molecule has 0 bridgehead atoms. The van der Waals surface area contributed by atoms with Crippen LogP contribution in [0.4, 0.5) is 0 Å². The first-order valence-electron chi connectivity index (χ1n) is 7.89. The van der Waals surface area contributed by atoms with Crippen molar-refractivity contribution in [1.82, 2.24) is 0 Å². The fourth-order valence-corrected chi connectivity index (χ4v) is 3.68. The number of halogens is 2. The molecule has 6 heteroatoms. The molecule has 0 spiro atoms. The molecule has 4 nitrogen and oxygen atoms in total. The third-order valence-corrected chi connectivity index (χ3v) is 4.73. The van der Waals surface area contributed by atoms with Crippen LogP contribution in [0.1, 0.15) is 42.6 Å². The van der Waals surface area contributed by atoms with Gasteiger partial charge in [-0.05, 0) is 75.0 Å². The third kappa shape index (κ3) is 4.76. The second-order valence-electron chi connectivity index (χ2n) is 5.65. The van der Waals surface area contributed by atoms with Crippen molar-refractivity contribution in [2.24, 2.45) is 0 Å². The molecule has 0 aromatic heterocycles. The van der Waals surface area contributed by atoms with Gasteiger partial charge in [-0.3, -0.25) is 0 Å². The van der Waals surface area contributed by atoms with Crippen molar-refractivity contribution in [2.45, 2.75) is 26.7 Å². The maximum Gasteiger partial charge on any atom is 0.338 e. The highest BCUT2D eigenvalue weighted by Crippen LogP contribution is 2.39. The van der Waals surface area contributed by atoms with E-state index in [1.165, 1.54) is 0 Å². The van der Waals surface area contributed by atoms with E-state index >= 15 is 0 Å². The first kappa shape index (κ1) is 19.8. The van der Waals surface area contributed by atoms with Gasteiger partial charge in [-0.1, -0.05) is 13.8 Å². The molecule has 0 N–H and O–H groups in total. The lowest BCUT2D eigenvalue weighted by atomic mass is 10.0. The van der Waals surface area contributed by atoms with Gasteiger partial charge in [0.15, 0.2) is 5.75 Å². The Balaban J connectivity index is 2.34. The molecular weight excluding hydrogens is 452 g/mol. The van der Waals surface area contributed by atoms with E-state index in [9.17, 15) is 4.79 Å². The molecule has 2 aromatic rings. The number of benzene rings is 2. The smallest absolute Gasteiger partial charge is 0.338 e. The number of carbonyl (C=O) groups excluding carboxylic acids is 1. The molecule has 0 radical (unpaired) electrons. The topological polar surface area (TPSA) is 44.8 Å². The van der Waals surface area contributed by atoms with Crippen molar-refractivity contribution in [3.8, 4) is 17.2 Å². The molecule has 25 heavy (non-hydrogen) atoms. The maximum atomic E-state index is 11.9. The number of ether oxygens (including phenoxy) is 3. The molecule has 2 rings (SSSR count). The molecule has 0 saturated carbocycles. The van der Waals surface area contributed by atoms with Crippen molar-refractivity contribution < 1.29 is 19.0 Å². The zero-order valence-corrected chi connectivity index (χ0v) is 17.7. The van der Waals surface area contributed by atoms with Crippen LogP contribution in [-0.4, -0.2) is 19.7 Å². The Morgan fingerprint density at radius 3 is 2.28 bits per heavy atom. The number of carbonyl (C=O) groups is 1. The summed E-state index contributed by atoms with van der Waals surface area (Å²) in [6.07, 6.45) is 0. The van der Waals surface area contributed by atoms with Gasteiger partial charge in [0, 0.05) is 5.56 Å². The minimum Gasteiger partial charge on any atom is -0.496 e. The molecular formula is C19H20Br2O4. The van der Waals surface area contributed by atoms with Crippen LogP contribution in [0.3, 0.4) is 0 Å². The molecule has 0 fully saturated rings. The molecule has 0 heterocycles. The summed E-state index contributed by atoms with van der Waals surface area (Å²) in [5, 5.41) is 0. The standard InChI is InChI=1S/C19H20Br2O4/c1-5-24-19(22)12-8-15(20)18(16(21)9-12)25-13-6-7-17(23-4)14(10-13)11(2)3/h6-11H,5H2,1-4H3. The van der Waals surface area contributed by atoms with E-state index in [0.29, 0.717) is 38.5 Å². The molecule has 0 saturated heterocycles. The summed E-state index contributed by atoms with van der Waals surface area (Å²) in [6, 6.07) is 9.07. The van der Waals surface area contributed by atoms with Crippen LogP contribution in [0.5, 0.6) is 17.2 Å². The van der Waals surface area contributed by atoms with Gasteiger partial charge in [0.05, 0.1) is 28.2 Å². The van der Waals surface area contributed by atoms with Crippen LogP contribution < -0.4 is 9.47 Å². The average Bonchev–Trinajstić information content (AvgIpc) is 2.57. The number of methoxy groups -OCH3 is 1. The summed E-state index contributed by atoms with van der Waals surface area (Å²) >= 11 is 6.93. The molecule has 0 aliphatic carbocycles. The largest absolute Gasteiger partial charge is 0.496 e. The quantitative estimate of drug-likeness (QED) is 0.463. The lowest BCUT2D eigenvalue weighted by Gasteiger charge is -2.16. The molecule has 0 atom stereocenters.